The van der Waals surface area contributed by atoms with Crippen LogP contribution in [0, 0.1) is 0 Å². The molecule has 0 saturated carbocycles. The Hall–Kier alpha value is -1.54. The molecule has 1 N–H and O–H groups in total. The van der Waals surface area contributed by atoms with E-state index in [1.54, 1.807) is 0 Å². The van der Waals surface area contributed by atoms with Gasteiger partial charge in [0.25, 0.3) is 5.91 Å². The average Bonchev–Trinajstić information content (AvgIpc) is 2.37. The van der Waals surface area contributed by atoms with Gasteiger partial charge in [-0.1, -0.05) is 30.3 Å². The van der Waals surface area contributed by atoms with Crippen LogP contribution in [-0.4, -0.2) is 17.8 Å². The van der Waals surface area contributed by atoms with E-state index < -0.39 is 0 Å². The van der Waals surface area contributed by atoms with Crippen LogP contribution in [-0.2, 0) is 0 Å². The first-order valence-electron chi connectivity index (χ1n) is 6.08. The van der Waals surface area contributed by atoms with E-state index in [-0.39, 0.29) is 11.3 Å². The zero-order chi connectivity index (χ0) is 13.0. The van der Waals surface area contributed by atoms with Crippen molar-refractivity contribution in [3.05, 3.63) is 48.0 Å². The third-order valence-corrected chi connectivity index (χ3v) is 3.06. The molecule has 0 aromatic heterocycles. The van der Waals surface area contributed by atoms with Crippen LogP contribution in [0.25, 0.3) is 10.8 Å². The number of amides is 1. The van der Waals surface area contributed by atoms with Gasteiger partial charge in [0.2, 0.25) is 0 Å². The number of nitrogens with one attached hydrogen (secondary N) is 1. The lowest BCUT2D eigenvalue weighted by Gasteiger charge is -2.07. The molecule has 1 atom stereocenters. The van der Waals surface area contributed by atoms with Gasteiger partial charge in [-0.2, -0.15) is 0 Å². The van der Waals surface area contributed by atoms with Crippen molar-refractivity contribution < 1.29 is 4.79 Å². The number of carbonyl (C=O) groups is 1. The highest BCUT2D eigenvalue weighted by atomic mass is 35.5. The van der Waals surface area contributed by atoms with Gasteiger partial charge in [-0.15, -0.1) is 11.6 Å². The quantitative estimate of drug-likeness (QED) is 0.838. The Morgan fingerprint density at radius 3 is 2.67 bits per heavy atom. The van der Waals surface area contributed by atoms with Gasteiger partial charge < -0.3 is 5.32 Å². The molecule has 0 heterocycles. The van der Waals surface area contributed by atoms with Crippen LogP contribution in [0.2, 0.25) is 0 Å². The molecule has 0 aliphatic rings. The lowest BCUT2D eigenvalue weighted by atomic mass is 10.1. The highest BCUT2D eigenvalue weighted by molar-refractivity contribution is 6.20. The van der Waals surface area contributed by atoms with Gasteiger partial charge in [-0.25, -0.2) is 0 Å². The summed E-state index contributed by atoms with van der Waals surface area (Å²) in [4.78, 5) is 11.9. The Labute approximate surface area is 112 Å². The average molecular weight is 262 g/mol. The summed E-state index contributed by atoms with van der Waals surface area (Å²) in [6.07, 6.45) is 0.779. The molecule has 0 fully saturated rings. The second-order valence-electron chi connectivity index (χ2n) is 4.39. The molecule has 0 bridgehead atoms. The van der Waals surface area contributed by atoms with Crippen molar-refractivity contribution in [3.8, 4) is 0 Å². The summed E-state index contributed by atoms with van der Waals surface area (Å²) >= 11 is 5.83. The number of halogens is 1. The van der Waals surface area contributed by atoms with E-state index in [0.717, 1.165) is 17.2 Å². The smallest absolute Gasteiger partial charge is 0.251 e. The van der Waals surface area contributed by atoms with Crippen molar-refractivity contribution in [1.29, 1.82) is 0 Å². The molecule has 0 aliphatic heterocycles. The lowest BCUT2D eigenvalue weighted by molar-refractivity contribution is 0.0953. The van der Waals surface area contributed by atoms with Crippen molar-refractivity contribution >= 4 is 28.3 Å². The number of rotatable bonds is 4. The van der Waals surface area contributed by atoms with Crippen LogP contribution in [0.3, 0.4) is 0 Å². The summed E-state index contributed by atoms with van der Waals surface area (Å²) < 4.78 is 0. The summed E-state index contributed by atoms with van der Waals surface area (Å²) in [5.41, 5.74) is 0.691. The summed E-state index contributed by atoms with van der Waals surface area (Å²) in [5.74, 6) is -0.0435. The highest BCUT2D eigenvalue weighted by Gasteiger charge is 2.06. The van der Waals surface area contributed by atoms with E-state index in [0.29, 0.717) is 12.1 Å². The fraction of sp³-hybridized carbons (Fsp3) is 0.267. The SMILES string of the molecule is CC(Cl)CCNC(=O)c1ccc2ccccc2c1. The molecule has 3 heteroatoms. The fourth-order valence-corrected chi connectivity index (χ4v) is 1.93. The normalized spacial score (nSPS) is 12.3. The lowest BCUT2D eigenvalue weighted by Crippen LogP contribution is -2.25. The predicted octanol–water partition coefficient (Wildman–Crippen LogP) is 3.59. The molecule has 0 radical (unpaired) electrons. The first-order valence-corrected chi connectivity index (χ1v) is 6.51. The molecule has 0 spiro atoms. The zero-order valence-corrected chi connectivity index (χ0v) is 11.1. The van der Waals surface area contributed by atoms with Gasteiger partial charge in [0.1, 0.15) is 0 Å². The van der Waals surface area contributed by atoms with E-state index in [1.165, 1.54) is 0 Å². The molecule has 18 heavy (non-hydrogen) atoms. The Morgan fingerprint density at radius 2 is 1.94 bits per heavy atom. The largest absolute Gasteiger partial charge is 0.352 e. The summed E-state index contributed by atoms with van der Waals surface area (Å²) in [6, 6.07) is 13.7. The number of hydrogen-bond donors (Lipinski definition) is 1. The minimum atomic E-state index is -0.0435. The van der Waals surface area contributed by atoms with E-state index in [2.05, 4.69) is 5.32 Å². The Bertz CT molecular complexity index is 551. The molecule has 0 saturated heterocycles. The minimum absolute atomic E-state index is 0.0435. The number of hydrogen-bond acceptors (Lipinski definition) is 1. The first kappa shape index (κ1) is 12.9. The number of benzene rings is 2. The molecule has 94 valence electrons. The van der Waals surface area contributed by atoms with Gasteiger partial charge >= 0.3 is 0 Å². The van der Waals surface area contributed by atoms with Gasteiger partial charge in [-0.05, 0) is 36.2 Å². The second-order valence-corrected chi connectivity index (χ2v) is 5.13. The van der Waals surface area contributed by atoms with Crippen LogP contribution >= 0.6 is 11.6 Å². The first-order chi connectivity index (χ1) is 8.66. The molecule has 2 nitrogen and oxygen atoms in total. The molecule has 2 aromatic rings. The van der Waals surface area contributed by atoms with Crippen molar-refractivity contribution in [2.24, 2.45) is 0 Å². The Balaban J connectivity index is 2.08. The van der Waals surface area contributed by atoms with Gasteiger partial charge in [0, 0.05) is 17.5 Å². The highest BCUT2D eigenvalue weighted by Crippen LogP contribution is 2.15. The van der Waals surface area contributed by atoms with Crippen LogP contribution in [0.15, 0.2) is 42.5 Å². The monoisotopic (exact) mass is 261 g/mol. The number of fused-ring (bicyclic) bond motifs is 1. The Kier molecular flexibility index (Phi) is 4.21. The summed E-state index contributed by atoms with van der Waals surface area (Å²) in [6.45, 7) is 2.53. The van der Waals surface area contributed by atoms with Crippen molar-refractivity contribution in [2.75, 3.05) is 6.54 Å². The molecule has 2 aromatic carbocycles. The zero-order valence-electron chi connectivity index (χ0n) is 10.3. The van der Waals surface area contributed by atoms with Gasteiger partial charge in [-0.3, -0.25) is 4.79 Å². The second kappa shape index (κ2) is 5.87. The van der Waals surface area contributed by atoms with E-state index >= 15 is 0 Å². The van der Waals surface area contributed by atoms with Gasteiger partial charge in [0.15, 0.2) is 0 Å². The van der Waals surface area contributed by atoms with E-state index in [4.69, 9.17) is 11.6 Å². The molecule has 1 unspecified atom stereocenters. The van der Waals surface area contributed by atoms with E-state index in [9.17, 15) is 4.79 Å². The van der Waals surface area contributed by atoms with Crippen LogP contribution in [0.1, 0.15) is 23.7 Å². The summed E-state index contributed by atoms with van der Waals surface area (Å²) in [7, 11) is 0. The topological polar surface area (TPSA) is 29.1 Å². The third kappa shape index (κ3) is 3.23. The van der Waals surface area contributed by atoms with Crippen molar-refractivity contribution in [3.63, 3.8) is 0 Å². The number of carbonyl (C=O) groups excluding carboxylic acids is 1. The minimum Gasteiger partial charge on any atom is -0.352 e. The van der Waals surface area contributed by atoms with Crippen molar-refractivity contribution in [2.45, 2.75) is 18.7 Å². The maximum atomic E-state index is 11.9. The molecule has 0 aliphatic carbocycles. The Morgan fingerprint density at radius 1 is 1.22 bits per heavy atom. The van der Waals surface area contributed by atoms with Gasteiger partial charge in [0.05, 0.1) is 0 Å². The molecule has 1 amide bonds. The van der Waals surface area contributed by atoms with Crippen molar-refractivity contribution in [1.82, 2.24) is 5.32 Å². The maximum absolute atomic E-state index is 11.9. The standard InChI is InChI=1S/C15H16ClNO/c1-11(16)8-9-17-15(18)14-7-6-12-4-2-3-5-13(12)10-14/h2-7,10-11H,8-9H2,1H3,(H,17,18). The van der Waals surface area contributed by atoms with Crippen LogP contribution in [0.5, 0.6) is 0 Å². The third-order valence-electron chi connectivity index (χ3n) is 2.84. The molecular formula is C15H16ClNO. The van der Waals surface area contributed by atoms with Crippen LogP contribution in [0.4, 0.5) is 0 Å². The number of alkyl halides is 1. The summed E-state index contributed by atoms with van der Waals surface area (Å²) in [5, 5.41) is 5.18. The maximum Gasteiger partial charge on any atom is 0.251 e. The van der Waals surface area contributed by atoms with E-state index in [1.807, 2.05) is 49.4 Å². The molecule has 2 rings (SSSR count). The fourth-order valence-electron chi connectivity index (χ4n) is 1.82. The van der Waals surface area contributed by atoms with Crippen LogP contribution < -0.4 is 5.32 Å². The molecular weight excluding hydrogens is 246 g/mol. The predicted molar refractivity (Wildman–Crippen MR) is 76.2 cm³/mol.